The first-order chi connectivity index (χ1) is 10.7. The van der Waals surface area contributed by atoms with Crippen LogP contribution in [0.5, 0.6) is 0 Å². The van der Waals surface area contributed by atoms with Crippen LogP contribution in [0.1, 0.15) is 19.0 Å². The van der Waals surface area contributed by atoms with Gasteiger partial charge in [-0.25, -0.2) is 9.67 Å². The van der Waals surface area contributed by atoms with E-state index in [4.69, 9.17) is 0 Å². The SMILES string of the molecule is Cc1c(NC(C)CCn2cncn2)cnn1-c1ccccc1. The minimum atomic E-state index is 0.330. The number of para-hydroxylation sites is 1. The van der Waals surface area contributed by atoms with Crippen molar-refractivity contribution in [3.63, 3.8) is 0 Å². The van der Waals surface area contributed by atoms with Gasteiger partial charge >= 0.3 is 0 Å². The summed E-state index contributed by atoms with van der Waals surface area (Å²) in [5.74, 6) is 0. The largest absolute Gasteiger partial charge is 0.380 e. The van der Waals surface area contributed by atoms with Crippen molar-refractivity contribution in [3.05, 3.63) is 54.9 Å². The van der Waals surface area contributed by atoms with Crippen LogP contribution < -0.4 is 5.32 Å². The first-order valence-corrected chi connectivity index (χ1v) is 7.43. The molecule has 22 heavy (non-hydrogen) atoms. The summed E-state index contributed by atoms with van der Waals surface area (Å²) in [7, 11) is 0. The molecule has 6 nitrogen and oxygen atoms in total. The van der Waals surface area contributed by atoms with Crippen molar-refractivity contribution in [1.82, 2.24) is 24.5 Å². The Morgan fingerprint density at radius 2 is 2.00 bits per heavy atom. The van der Waals surface area contributed by atoms with E-state index in [0.717, 1.165) is 30.0 Å². The van der Waals surface area contributed by atoms with Crippen LogP contribution in [0.15, 0.2) is 49.2 Å². The summed E-state index contributed by atoms with van der Waals surface area (Å²) >= 11 is 0. The van der Waals surface area contributed by atoms with Gasteiger partial charge in [-0.1, -0.05) is 18.2 Å². The van der Waals surface area contributed by atoms with Crippen LogP contribution in [0.4, 0.5) is 5.69 Å². The van der Waals surface area contributed by atoms with E-state index in [0.29, 0.717) is 6.04 Å². The predicted octanol–water partition coefficient (Wildman–Crippen LogP) is 2.66. The molecule has 1 atom stereocenters. The summed E-state index contributed by atoms with van der Waals surface area (Å²) in [5, 5.41) is 12.1. The highest BCUT2D eigenvalue weighted by atomic mass is 15.3. The summed E-state index contributed by atoms with van der Waals surface area (Å²) in [6.45, 7) is 5.09. The lowest BCUT2D eigenvalue weighted by atomic mass is 10.2. The summed E-state index contributed by atoms with van der Waals surface area (Å²) in [6, 6.07) is 10.5. The minimum Gasteiger partial charge on any atom is -0.380 e. The van der Waals surface area contributed by atoms with Crippen molar-refractivity contribution in [1.29, 1.82) is 0 Å². The van der Waals surface area contributed by atoms with Crippen molar-refractivity contribution < 1.29 is 0 Å². The molecule has 6 heteroatoms. The second kappa shape index (κ2) is 6.43. The number of hydrogen-bond acceptors (Lipinski definition) is 4. The number of benzene rings is 1. The molecule has 0 aliphatic rings. The third-order valence-corrected chi connectivity index (χ3v) is 3.67. The van der Waals surface area contributed by atoms with Crippen molar-refractivity contribution in [2.24, 2.45) is 0 Å². The first-order valence-electron chi connectivity index (χ1n) is 7.43. The topological polar surface area (TPSA) is 60.6 Å². The number of rotatable bonds is 6. The molecule has 0 aliphatic heterocycles. The quantitative estimate of drug-likeness (QED) is 0.759. The fraction of sp³-hybridized carbons (Fsp3) is 0.312. The summed E-state index contributed by atoms with van der Waals surface area (Å²) < 4.78 is 3.80. The number of aryl methyl sites for hydroxylation is 1. The van der Waals surface area contributed by atoms with Crippen molar-refractivity contribution >= 4 is 5.69 Å². The lowest BCUT2D eigenvalue weighted by Crippen LogP contribution is -2.18. The molecule has 0 saturated heterocycles. The number of nitrogens with zero attached hydrogens (tertiary/aromatic N) is 5. The standard InChI is InChI=1S/C16H20N6/c1-13(8-9-21-12-17-11-19-21)20-16-10-18-22(14(16)2)15-6-4-3-5-7-15/h3-7,10-13,20H,8-9H2,1-2H3. The minimum absolute atomic E-state index is 0.330. The molecule has 114 valence electrons. The third-order valence-electron chi connectivity index (χ3n) is 3.67. The maximum absolute atomic E-state index is 4.48. The van der Waals surface area contributed by atoms with E-state index in [-0.39, 0.29) is 0 Å². The van der Waals surface area contributed by atoms with Crippen LogP contribution in [0.3, 0.4) is 0 Å². The molecule has 0 radical (unpaired) electrons. The van der Waals surface area contributed by atoms with Gasteiger partial charge < -0.3 is 5.32 Å². The Hall–Kier alpha value is -2.63. The Bertz CT molecular complexity index is 702. The van der Waals surface area contributed by atoms with Gasteiger partial charge in [0.2, 0.25) is 0 Å². The van der Waals surface area contributed by atoms with Crippen LogP contribution in [-0.2, 0) is 6.54 Å². The van der Waals surface area contributed by atoms with Crippen molar-refractivity contribution in [2.45, 2.75) is 32.9 Å². The summed E-state index contributed by atoms with van der Waals surface area (Å²) in [4.78, 5) is 3.95. The maximum Gasteiger partial charge on any atom is 0.137 e. The average Bonchev–Trinajstić information content (AvgIpc) is 3.17. The van der Waals surface area contributed by atoms with E-state index in [2.05, 4.69) is 46.5 Å². The highest BCUT2D eigenvalue weighted by Crippen LogP contribution is 2.19. The Kier molecular flexibility index (Phi) is 4.18. The smallest absolute Gasteiger partial charge is 0.137 e. The molecule has 0 amide bonds. The van der Waals surface area contributed by atoms with E-state index in [9.17, 15) is 0 Å². The van der Waals surface area contributed by atoms with Gasteiger partial charge in [0.25, 0.3) is 0 Å². The lowest BCUT2D eigenvalue weighted by Gasteiger charge is -2.14. The van der Waals surface area contributed by atoms with Gasteiger partial charge in [0.05, 0.1) is 23.3 Å². The first kappa shape index (κ1) is 14.3. The molecule has 0 saturated carbocycles. The molecule has 3 aromatic rings. The Morgan fingerprint density at radius 1 is 1.18 bits per heavy atom. The molecule has 2 aromatic heterocycles. The molecular weight excluding hydrogens is 276 g/mol. The molecule has 2 heterocycles. The highest BCUT2D eigenvalue weighted by molar-refractivity contribution is 5.49. The van der Waals surface area contributed by atoms with Gasteiger partial charge in [-0.3, -0.25) is 4.68 Å². The molecule has 1 N–H and O–H groups in total. The van der Waals surface area contributed by atoms with Crippen LogP contribution in [0.25, 0.3) is 5.69 Å². The zero-order chi connectivity index (χ0) is 15.4. The number of aromatic nitrogens is 5. The molecule has 0 bridgehead atoms. The molecule has 0 spiro atoms. The van der Waals surface area contributed by atoms with Gasteiger partial charge in [0, 0.05) is 12.6 Å². The lowest BCUT2D eigenvalue weighted by molar-refractivity contribution is 0.544. The fourth-order valence-corrected chi connectivity index (χ4v) is 2.39. The van der Waals surface area contributed by atoms with E-state index < -0.39 is 0 Å². The zero-order valence-electron chi connectivity index (χ0n) is 12.8. The predicted molar refractivity (Wildman–Crippen MR) is 86.0 cm³/mol. The normalized spacial score (nSPS) is 12.3. The number of hydrogen-bond donors (Lipinski definition) is 1. The van der Waals surface area contributed by atoms with E-state index in [1.54, 1.807) is 12.7 Å². The van der Waals surface area contributed by atoms with E-state index >= 15 is 0 Å². The van der Waals surface area contributed by atoms with Gasteiger partial charge in [-0.15, -0.1) is 0 Å². The average molecular weight is 296 g/mol. The Balaban J connectivity index is 1.64. The van der Waals surface area contributed by atoms with Crippen molar-refractivity contribution in [3.8, 4) is 5.69 Å². The second-order valence-electron chi connectivity index (χ2n) is 5.38. The van der Waals surface area contributed by atoms with Gasteiger partial charge in [-0.05, 0) is 32.4 Å². The van der Waals surface area contributed by atoms with E-state index in [1.807, 2.05) is 33.8 Å². The molecule has 1 aromatic carbocycles. The highest BCUT2D eigenvalue weighted by Gasteiger charge is 2.10. The van der Waals surface area contributed by atoms with Crippen LogP contribution >= 0.6 is 0 Å². The van der Waals surface area contributed by atoms with Crippen LogP contribution in [0.2, 0.25) is 0 Å². The van der Waals surface area contributed by atoms with Crippen molar-refractivity contribution in [2.75, 3.05) is 5.32 Å². The van der Waals surface area contributed by atoms with Crippen LogP contribution in [-0.4, -0.2) is 30.6 Å². The molecule has 0 fully saturated rings. The number of anilines is 1. The van der Waals surface area contributed by atoms with Gasteiger partial charge in [-0.2, -0.15) is 10.2 Å². The maximum atomic E-state index is 4.48. The van der Waals surface area contributed by atoms with Gasteiger partial charge in [0.15, 0.2) is 0 Å². The second-order valence-corrected chi connectivity index (χ2v) is 5.38. The summed E-state index contributed by atoms with van der Waals surface area (Å²) in [6.07, 6.45) is 6.16. The third kappa shape index (κ3) is 3.16. The Morgan fingerprint density at radius 3 is 2.73 bits per heavy atom. The summed E-state index contributed by atoms with van der Waals surface area (Å²) in [5.41, 5.74) is 3.25. The fourth-order valence-electron chi connectivity index (χ4n) is 2.39. The monoisotopic (exact) mass is 296 g/mol. The molecule has 0 aliphatic carbocycles. The zero-order valence-corrected chi connectivity index (χ0v) is 12.8. The molecular formula is C16H20N6. The molecule has 1 unspecified atom stereocenters. The van der Waals surface area contributed by atoms with E-state index in [1.165, 1.54) is 0 Å². The van der Waals surface area contributed by atoms with Gasteiger partial charge in [0.1, 0.15) is 12.7 Å². The Labute approximate surface area is 129 Å². The molecule has 3 rings (SSSR count). The van der Waals surface area contributed by atoms with Crippen LogP contribution in [0, 0.1) is 6.92 Å². The number of nitrogens with one attached hydrogen (secondary N) is 1.